The second-order valence-electron chi connectivity index (χ2n) is 6.50. The molecule has 0 N–H and O–H groups in total. The lowest BCUT2D eigenvalue weighted by Crippen LogP contribution is -2.49. The normalized spacial score (nSPS) is 18.6. The minimum absolute atomic E-state index is 0.240. The Kier molecular flexibility index (Phi) is 3.98. The lowest BCUT2D eigenvalue weighted by molar-refractivity contribution is -0.128. The fourth-order valence-electron chi connectivity index (χ4n) is 3.32. The van der Waals surface area contributed by atoms with Crippen molar-refractivity contribution >= 4 is 17.4 Å². The van der Waals surface area contributed by atoms with Crippen LogP contribution in [0, 0.1) is 0 Å². The average molecular weight is 308 g/mol. The summed E-state index contributed by atoms with van der Waals surface area (Å²) < 4.78 is 5.70. The van der Waals surface area contributed by atoms with Crippen LogP contribution in [0.4, 0.5) is 0 Å². The van der Waals surface area contributed by atoms with Crippen molar-refractivity contribution in [3.8, 4) is 5.75 Å². The molecule has 0 radical (unpaired) electrons. The number of carbonyl (C=O) groups excluding carboxylic acids is 1. The molecule has 3 nitrogen and oxygen atoms in total. The molecular formula is C17H22ClNO2. The Labute approximate surface area is 131 Å². The van der Waals surface area contributed by atoms with E-state index in [0.29, 0.717) is 18.1 Å². The van der Waals surface area contributed by atoms with E-state index in [9.17, 15) is 4.79 Å². The van der Waals surface area contributed by atoms with Crippen LogP contribution in [0.5, 0.6) is 5.75 Å². The lowest BCUT2D eigenvalue weighted by Gasteiger charge is -2.34. The zero-order chi connectivity index (χ0) is 15.0. The molecule has 0 atom stereocenters. The topological polar surface area (TPSA) is 29.5 Å². The summed E-state index contributed by atoms with van der Waals surface area (Å²) >= 11 is 6.18. The van der Waals surface area contributed by atoms with Gasteiger partial charge in [-0.05, 0) is 57.5 Å². The van der Waals surface area contributed by atoms with Gasteiger partial charge in [0.15, 0.2) is 5.78 Å². The maximum atomic E-state index is 12.8. The van der Waals surface area contributed by atoms with Gasteiger partial charge in [0.2, 0.25) is 0 Å². The van der Waals surface area contributed by atoms with Gasteiger partial charge in [-0.15, -0.1) is 0 Å². The van der Waals surface area contributed by atoms with E-state index < -0.39 is 5.54 Å². The van der Waals surface area contributed by atoms with Crippen molar-refractivity contribution in [1.29, 1.82) is 0 Å². The van der Waals surface area contributed by atoms with Gasteiger partial charge in [0.25, 0.3) is 0 Å². The summed E-state index contributed by atoms with van der Waals surface area (Å²) in [6.45, 7) is 6.79. The van der Waals surface area contributed by atoms with Gasteiger partial charge < -0.3 is 4.74 Å². The van der Waals surface area contributed by atoms with E-state index in [2.05, 4.69) is 4.90 Å². The summed E-state index contributed by atoms with van der Waals surface area (Å²) in [5.74, 6) is 1.12. The summed E-state index contributed by atoms with van der Waals surface area (Å²) in [5, 5.41) is 0.695. The zero-order valence-corrected chi connectivity index (χ0v) is 13.5. The number of benzene rings is 1. The molecule has 0 amide bonds. The van der Waals surface area contributed by atoms with E-state index in [1.54, 1.807) is 0 Å². The Bertz CT molecular complexity index is 562. The maximum Gasteiger partial charge on any atom is 0.157 e. The molecule has 0 aromatic heterocycles. The molecule has 2 aliphatic heterocycles. The number of rotatable bonds is 4. The number of halogens is 1. The van der Waals surface area contributed by atoms with Crippen molar-refractivity contribution in [2.45, 2.75) is 45.1 Å². The van der Waals surface area contributed by atoms with Gasteiger partial charge in [-0.1, -0.05) is 11.6 Å². The van der Waals surface area contributed by atoms with Crippen molar-refractivity contribution in [2.24, 2.45) is 0 Å². The summed E-state index contributed by atoms with van der Waals surface area (Å²) in [6, 6.07) is 3.83. The molecule has 1 saturated heterocycles. The molecule has 3 rings (SSSR count). The molecule has 0 unspecified atom stereocenters. The fourth-order valence-corrected chi connectivity index (χ4v) is 3.58. The van der Waals surface area contributed by atoms with Gasteiger partial charge in [-0.2, -0.15) is 0 Å². The monoisotopic (exact) mass is 307 g/mol. The third-order valence-electron chi connectivity index (χ3n) is 4.76. The molecule has 4 heteroatoms. The van der Waals surface area contributed by atoms with Crippen LogP contribution < -0.4 is 4.74 Å². The Balaban J connectivity index is 1.82. The number of ketones is 1. The minimum Gasteiger partial charge on any atom is -0.493 e. The molecule has 0 bridgehead atoms. The van der Waals surface area contributed by atoms with Crippen LogP contribution in [0.25, 0.3) is 0 Å². The Hall–Kier alpha value is -1.06. The zero-order valence-electron chi connectivity index (χ0n) is 12.7. The quantitative estimate of drug-likeness (QED) is 0.855. The standard InChI is InChI=1S/C17H22ClNO2/c1-17(2,19-6-3-4-7-19)15(20)11-13-10-14(18)9-12-5-8-21-16(12)13/h9-10H,3-8,11H2,1-2H3. The molecule has 0 saturated carbocycles. The number of carbonyl (C=O) groups is 1. The maximum absolute atomic E-state index is 12.8. The molecular weight excluding hydrogens is 286 g/mol. The molecule has 1 fully saturated rings. The highest BCUT2D eigenvalue weighted by Gasteiger charge is 2.36. The predicted molar refractivity (Wildman–Crippen MR) is 84.2 cm³/mol. The first-order chi connectivity index (χ1) is 9.98. The van der Waals surface area contributed by atoms with Gasteiger partial charge >= 0.3 is 0 Å². The number of fused-ring (bicyclic) bond motifs is 1. The highest BCUT2D eigenvalue weighted by atomic mass is 35.5. The number of nitrogens with zero attached hydrogens (tertiary/aromatic N) is 1. The average Bonchev–Trinajstić information content (AvgIpc) is 3.09. The minimum atomic E-state index is -0.412. The second kappa shape index (κ2) is 5.62. The Morgan fingerprint density at radius 3 is 2.76 bits per heavy atom. The van der Waals surface area contributed by atoms with Gasteiger partial charge in [0, 0.05) is 23.4 Å². The fraction of sp³-hybridized carbons (Fsp3) is 0.588. The Morgan fingerprint density at radius 1 is 1.33 bits per heavy atom. The highest BCUT2D eigenvalue weighted by molar-refractivity contribution is 6.30. The molecule has 1 aromatic rings. The highest BCUT2D eigenvalue weighted by Crippen LogP contribution is 2.34. The largest absolute Gasteiger partial charge is 0.493 e. The van der Waals surface area contributed by atoms with Gasteiger partial charge in [-0.3, -0.25) is 9.69 Å². The first kappa shape index (κ1) is 14.9. The van der Waals surface area contributed by atoms with Crippen LogP contribution in [-0.2, 0) is 17.6 Å². The van der Waals surface area contributed by atoms with Crippen molar-refractivity contribution in [2.75, 3.05) is 19.7 Å². The van der Waals surface area contributed by atoms with Crippen LogP contribution in [-0.4, -0.2) is 35.9 Å². The third-order valence-corrected chi connectivity index (χ3v) is 4.97. The third kappa shape index (κ3) is 2.82. The smallest absolute Gasteiger partial charge is 0.157 e. The number of likely N-dealkylation sites (tertiary alicyclic amines) is 1. The molecule has 2 aliphatic rings. The van der Waals surface area contributed by atoms with E-state index in [1.165, 1.54) is 12.8 Å². The van der Waals surface area contributed by atoms with Crippen LogP contribution in [0.2, 0.25) is 5.02 Å². The van der Waals surface area contributed by atoms with E-state index in [0.717, 1.165) is 36.4 Å². The second-order valence-corrected chi connectivity index (χ2v) is 6.94. The Morgan fingerprint density at radius 2 is 2.05 bits per heavy atom. The van der Waals surface area contributed by atoms with Crippen molar-refractivity contribution in [3.63, 3.8) is 0 Å². The van der Waals surface area contributed by atoms with Crippen LogP contribution in [0.1, 0.15) is 37.8 Å². The number of Topliss-reactive ketones (excluding diaryl/α,β-unsaturated/α-hetero) is 1. The van der Waals surface area contributed by atoms with E-state index in [1.807, 2.05) is 26.0 Å². The van der Waals surface area contributed by atoms with E-state index in [-0.39, 0.29) is 5.78 Å². The first-order valence-corrected chi connectivity index (χ1v) is 8.09. The summed E-state index contributed by atoms with van der Waals surface area (Å²) in [7, 11) is 0. The molecule has 21 heavy (non-hydrogen) atoms. The summed E-state index contributed by atoms with van der Waals surface area (Å²) in [5.41, 5.74) is 1.65. The number of hydrogen-bond donors (Lipinski definition) is 0. The molecule has 1 aromatic carbocycles. The molecule has 0 spiro atoms. The summed E-state index contributed by atoms with van der Waals surface area (Å²) in [4.78, 5) is 15.1. The van der Waals surface area contributed by atoms with E-state index in [4.69, 9.17) is 16.3 Å². The number of hydrogen-bond acceptors (Lipinski definition) is 3. The molecule has 0 aliphatic carbocycles. The van der Waals surface area contributed by atoms with Gasteiger partial charge in [-0.25, -0.2) is 0 Å². The van der Waals surface area contributed by atoms with Crippen molar-refractivity contribution < 1.29 is 9.53 Å². The molecule has 2 heterocycles. The van der Waals surface area contributed by atoms with Crippen molar-refractivity contribution in [3.05, 3.63) is 28.3 Å². The summed E-state index contributed by atoms with van der Waals surface area (Å²) in [6.07, 6.45) is 3.65. The lowest BCUT2D eigenvalue weighted by atomic mass is 9.91. The van der Waals surface area contributed by atoms with Crippen LogP contribution >= 0.6 is 11.6 Å². The predicted octanol–water partition coefficient (Wildman–Crippen LogP) is 3.26. The molecule has 114 valence electrons. The van der Waals surface area contributed by atoms with Crippen LogP contribution in [0.15, 0.2) is 12.1 Å². The van der Waals surface area contributed by atoms with Gasteiger partial charge in [0.1, 0.15) is 5.75 Å². The first-order valence-electron chi connectivity index (χ1n) is 7.71. The van der Waals surface area contributed by atoms with Crippen molar-refractivity contribution in [1.82, 2.24) is 4.90 Å². The SMILES string of the molecule is CC(C)(C(=O)Cc1cc(Cl)cc2c1OCC2)N1CCCC1. The van der Waals surface area contributed by atoms with Gasteiger partial charge in [0.05, 0.1) is 12.1 Å². The van der Waals surface area contributed by atoms with E-state index >= 15 is 0 Å². The van der Waals surface area contributed by atoms with Crippen LogP contribution in [0.3, 0.4) is 0 Å². The number of ether oxygens (including phenoxy) is 1.